The van der Waals surface area contributed by atoms with Crippen molar-refractivity contribution in [3.8, 4) is 0 Å². The van der Waals surface area contributed by atoms with Gasteiger partial charge in [-0.15, -0.1) is 15.3 Å². The second-order valence-corrected chi connectivity index (χ2v) is 5.92. The number of rotatable bonds is 4. The van der Waals surface area contributed by atoms with Crippen molar-refractivity contribution >= 4 is 11.5 Å². The van der Waals surface area contributed by atoms with Gasteiger partial charge in [0.2, 0.25) is 0 Å². The Kier molecular flexibility index (Phi) is 3.85. The van der Waals surface area contributed by atoms with E-state index in [4.69, 9.17) is 0 Å². The summed E-state index contributed by atoms with van der Waals surface area (Å²) in [5.41, 5.74) is 0.812. The second-order valence-electron chi connectivity index (χ2n) is 5.92. The summed E-state index contributed by atoms with van der Waals surface area (Å²) in [6.07, 6.45) is 8.35. The van der Waals surface area contributed by atoms with E-state index in [9.17, 15) is 0 Å². The summed E-state index contributed by atoms with van der Waals surface area (Å²) in [5.74, 6) is 2.74. The zero-order valence-corrected chi connectivity index (χ0v) is 12.4. The van der Waals surface area contributed by atoms with Gasteiger partial charge < -0.3 is 4.90 Å². The Morgan fingerprint density at radius 3 is 2.80 bits per heavy atom. The standard InChI is InChI=1S/C15H23N5/c1-12-16-17-14-8-9-15(18-20(12)14)19(2)11-10-13-6-4-3-5-7-13/h8-9,13H,3-7,10-11H2,1-2H3. The molecule has 0 spiro atoms. The van der Waals surface area contributed by atoms with Crippen molar-refractivity contribution in [3.63, 3.8) is 0 Å². The van der Waals surface area contributed by atoms with Crippen molar-refractivity contribution < 1.29 is 0 Å². The predicted octanol–water partition coefficient (Wildman–Crippen LogP) is 2.84. The maximum Gasteiger partial charge on any atom is 0.178 e. The maximum atomic E-state index is 4.62. The number of aromatic nitrogens is 4. The van der Waals surface area contributed by atoms with Gasteiger partial charge in [0.1, 0.15) is 5.82 Å². The van der Waals surface area contributed by atoms with Crippen LogP contribution >= 0.6 is 0 Å². The van der Waals surface area contributed by atoms with Crippen LogP contribution in [0.2, 0.25) is 0 Å². The third kappa shape index (κ3) is 2.76. The number of fused-ring (bicyclic) bond motifs is 1. The molecule has 3 rings (SSSR count). The Morgan fingerprint density at radius 2 is 2.00 bits per heavy atom. The molecule has 0 bridgehead atoms. The van der Waals surface area contributed by atoms with Crippen LogP contribution in [0.25, 0.3) is 5.65 Å². The monoisotopic (exact) mass is 273 g/mol. The molecule has 0 unspecified atom stereocenters. The van der Waals surface area contributed by atoms with Crippen molar-refractivity contribution in [2.75, 3.05) is 18.5 Å². The maximum absolute atomic E-state index is 4.62. The number of nitrogens with zero attached hydrogens (tertiary/aromatic N) is 5. The lowest BCUT2D eigenvalue weighted by molar-refractivity contribution is 0.341. The van der Waals surface area contributed by atoms with Crippen molar-refractivity contribution in [1.82, 2.24) is 19.8 Å². The van der Waals surface area contributed by atoms with E-state index in [1.807, 2.05) is 23.6 Å². The molecule has 20 heavy (non-hydrogen) atoms. The Labute approximate surface area is 120 Å². The van der Waals surface area contributed by atoms with Crippen molar-refractivity contribution in [2.24, 2.45) is 5.92 Å². The molecule has 2 aromatic rings. The fourth-order valence-corrected chi connectivity index (χ4v) is 3.06. The quantitative estimate of drug-likeness (QED) is 0.859. The normalized spacial score (nSPS) is 16.7. The van der Waals surface area contributed by atoms with E-state index in [0.29, 0.717) is 0 Å². The van der Waals surface area contributed by atoms with Gasteiger partial charge in [-0.25, -0.2) is 0 Å². The highest BCUT2D eigenvalue weighted by molar-refractivity contribution is 5.45. The van der Waals surface area contributed by atoms with Crippen LogP contribution in [0.4, 0.5) is 5.82 Å². The molecule has 2 heterocycles. The lowest BCUT2D eigenvalue weighted by Gasteiger charge is -2.25. The summed E-state index contributed by atoms with van der Waals surface area (Å²) in [5, 5.41) is 12.7. The van der Waals surface area contributed by atoms with Crippen LogP contribution in [0.1, 0.15) is 44.3 Å². The first-order valence-electron chi connectivity index (χ1n) is 7.64. The molecule has 108 valence electrons. The van der Waals surface area contributed by atoms with Crippen LogP contribution in [0.5, 0.6) is 0 Å². The number of aryl methyl sites for hydroxylation is 1. The summed E-state index contributed by atoms with van der Waals surface area (Å²) in [4.78, 5) is 2.24. The summed E-state index contributed by atoms with van der Waals surface area (Å²) >= 11 is 0. The summed E-state index contributed by atoms with van der Waals surface area (Å²) in [7, 11) is 2.12. The molecule has 2 aromatic heterocycles. The molecule has 5 heteroatoms. The van der Waals surface area contributed by atoms with Gasteiger partial charge in [-0.1, -0.05) is 32.1 Å². The third-order valence-electron chi connectivity index (χ3n) is 4.39. The van der Waals surface area contributed by atoms with E-state index in [1.165, 1.54) is 38.5 Å². The highest BCUT2D eigenvalue weighted by Crippen LogP contribution is 2.26. The average Bonchev–Trinajstić information content (AvgIpc) is 2.87. The molecule has 0 N–H and O–H groups in total. The van der Waals surface area contributed by atoms with Gasteiger partial charge in [0.25, 0.3) is 0 Å². The third-order valence-corrected chi connectivity index (χ3v) is 4.39. The molecule has 1 aliphatic carbocycles. The molecule has 0 amide bonds. The van der Waals surface area contributed by atoms with E-state index < -0.39 is 0 Å². The zero-order chi connectivity index (χ0) is 13.9. The van der Waals surface area contributed by atoms with Gasteiger partial charge in [0.05, 0.1) is 0 Å². The van der Waals surface area contributed by atoms with Gasteiger partial charge in [-0.05, 0) is 31.4 Å². The topological polar surface area (TPSA) is 46.3 Å². The van der Waals surface area contributed by atoms with Gasteiger partial charge in [0, 0.05) is 13.6 Å². The van der Waals surface area contributed by atoms with Crippen LogP contribution in [-0.2, 0) is 0 Å². The van der Waals surface area contributed by atoms with E-state index in [-0.39, 0.29) is 0 Å². The lowest BCUT2D eigenvalue weighted by Crippen LogP contribution is -2.23. The Hall–Kier alpha value is -1.65. The summed E-state index contributed by atoms with van der Waals surface area (Å²) in [6, 6.07) is 4.02. The van der Waals surface area contributed by atoms with Gasteiger partial charge in [-0.3, -0.25) is 0 Å². The average molecular weight is 273 g/mol. The van der Waals surface area contributed by atoms with Crippen molar-refractivity contribution in [1.29, 1.82) is 0 Å². The second kappa shape index (κ2) is 5.77. The first-order valence-corrected chi connectivity index (χ1v) is 7.64. The SMILES string of the molecule is Cc1nnc2ccc(N(C)CCC3CCCCC3)nn12. The first kappa shape index (κ1) is 13.3. The molecule has 0 saturated heterocycles. The molecular weight excluding hydrogens is 250 g/mol. The van der Waals surface area contributed by atoms with E-state index >= 15 is 0 Å². The smallest absolute Gasteiger partial charge is 0.178 e. The number of hydrogen-bond donors (Lipinski definition) is 0. The van der Waals surface area contributed by atoms with Gasteiger partial charge >= 0.3 is 0 Å². The molecule has 5 nitrogen and oxygen atoms in total. The molecule has 0 radical (unpaired) electrons. The molecule has 1 fully saturated rings. The number of hydrogen-bond acceptors (Lipinski definition) is 4. The zero-order valence-electron chi connectivity index (χ0n) is 12.4. The molecular formula is C15H23N5. The van der Waals surface area contributed by atoms with Crippen LogP contribution in [0.3, 0.4) is 0 Å². The fraction of sp³-hybridized carbons (Fsp3) is 0.667. The highest BCUT2D eigenvalue weighted by Gasteiger charge is 2.14. The lowest BCUT2D eigenvalue weighted by atomic mass is 9.87. The largest absolute Gasteiger partial charge is 0.358 e. The van der Waals surface area contributed by atoms with Gasteiger partial charge in [-0.2, -0.15) is 4.52 Å². The minimum Gasteiger partial charge on any atom is -0.358 e. The van der Waals surface area contributed by atoms with E-state index in [0.717, 1.165) is 29.8 Å². The van der Waals surface area contributed by atoms with Crippen LogP contribution in [0.15, 0.2) is 12.1 Å². The Bertz CT molecular complexity index is 571. The van der Waals surface area contributed by atoms with Crippen LogP contribution in [-0.4, -0.2) is 33.4 Å². The fourth-order valence-electron chi connectivity index (χ4n) is 3.06. The van der Waals surface area contributed by atoms with Crippen LogP contribution in [0, 0.1) is 12.8 Å². The van der Waals surface area contributed by atoms with Gasteiger partial charge in [0.15, 0.2) is 11.5 Å². The predicted molar refractivity (Wildman–Crippen MR) is 80.0 cm³/mol. The Balaban J connectivity index is 1.65. The van der Waals surface area contributed by atoms with Crippen LogP contribution < -0.4 is 4.90 Å². The molecule has 0 aliphatic heterocycles. The molecule has 0 aromatic carbocycles. The molecule has 0 atom stereocenters. The summed E-state index contributed by atoms with van der Waals surface area (Å²) < 4.78 is 1.81. The minimum absolute atomic E-state index is 0.812. The van der Waals surface area contributed by atoms with E-state index in [2.05, 4.69) is 27.2 Å². The minimum atomic E-state index is 0.812. The summed E-state index contributed by atoms with van der Waals surface area (Å²) in [6.45, 7) is 3.00. The number of anilines is 1. The van der Waals surface area contributed by atoms with Crippen molar-refractivity contribution in [3.05, 3.63) is 18.0 Å². The first-order chi connectivity index (χ1) is 9.74. The Morgan fingerprint density at radius 1 is 1.20 bits per heavy atom. The molecule has 1 aliphatic rings. The van der Waals surface area contributed by atoms with Crippen molar-refractivity contribution in [2.45, 2.75) is 45.4 Å². The van der Waals surface area contributed by atoms with E-state index in [1.54, 1.807) is 0 Å². The molecule has 1 saturated carbocycles. The highest BCUT2D eigenvalue weighted by atomic mass is 15.4.